The SMILES string of the molecule is COc1cccc(OC)c1C(=O)PCCC(=O)c1c(Cl)cc(Cl)cc1Cl. The minimum absolute atomic E-state index is 0.121. The second-order valence-corrected chi connectivity index (χ2v) is 7.77. The van der Waals surface area contributed by atoms with Crippen molar-refractivity contribution in [2.24, 2.45) is 0 Å². The molecule has 0 fully saturated rings. The average Bonchev–Trinajstić information content (AvgIpc) is 2.59. The smallest absolute Gasteiger partial charge is 0.188 e. The van der Waals surface area contributed by atoms with E-state index >= 15 is 0 Å². The van der Waals surface area contributed by atoms with Crippen LogP contribution in [0.4, 0.5) is 0 Å². The summed E-state index contributed by atoms with van der Waals surface area (Å²) >= 11 is 18.0. The molecule has 26 heavy (non-hydrogen) atoms. The van der Waals surface area contributed by atoms with Crippen LogP contribution >= 0.6 is 43.4 Å². The zero-order valence-electron chi connectivity index (χ0n) is 14.1. The molecule has 2 rings (SSSR count). The zero-order chi connectivity index (χ0) is 19.3. The van der Waals surface area contributed by atoms with Crippen LogP contribution in [0, 0.1) is 0 Å². The molecule has 0 saturated carbocycles. The van der Waals surface area contributed by atoms with Crippen molar-refractivity contribution in [3.8, 4) is 11.5 Å². The molecule has 0 N–H and O–H groups in total. The van der Waals surface area contributed by atoms with Gasteiger partial charge in [-0.25, -0.2) is 0 Å². The van der Waals surface area contributed by atoms with Crippen molar-refractivity contribution in [3.05, 3.63) is 56.5 Å². The third kappa shape index (κ3) is 4.89. The average molecular weight is 434 g/mol. The van der Waals surface area contributed by atoms with Gasteiger partial charge in [-0.15, -0.1) is 0 Å². The lowest BCUT2D eigenvalue weighted by atomic mass is 10.1. The molecule has 1 unspecified atom stereocenters. The summed E-state index contributed by atoms with van der Waals surface area (Å²) in [6.07, 6.45) is 0.511. The van der Waals surface area contributed by atoms with Crippen molar-refractivity contribution in [3.63, 3.8) is 0 Å². The highest BCUT2D eigenvalue weighted by atomic mass is 35.5. The summed E-state index contributed by atoms with van der Waals surface area (Å²) in [6.45, 7) is 0. The van der Waals surface area contributed by atoms with Gasteiger partial charge in [0.2, 0.25) is 0 Å². The largest absolute Gasteiger partial charge is 0.496 e. The van der Waals surface area contributed by atoms with Crippen LogP contribution in [0.1, 0.15) is 27.1 Å². The Kier molecular flexibility index (Phi) is 7.72. The summed E-state index contributed by atoms with van der Waals surface area (Å²) in [7, 11) is 2.86. The van der Waals surface area contributed by atoms with E-state index in [0.717, 1.165) is 0 Å². The van der Waals surface area contributed by atoms with E-state index in [1.54, 1.807) is 18.2 Å². The van der Waals surface area contributed by atoms with Crippen molar-refractivity contribution in [1.29, 1.82) is 0 Å². The van der Waals surface area contributed by atoms with Gasteiger partial charge in [0.15, 0.2) is 11.3 Å². The van der Waals surface area contributed by atoms with Gasteiger partial charge in [-0.2, -0.15) is 0 Å². The number of ether oxygens (including phenoxy) is 2. The Morgan fingerprint density at radius 3 is 2.00 bits per heavy atom. The molecule has 0 aliphatic heterocycles. The van der Waals surface area contributed by atoms with Crippen LogP contribution in [0.3, 0.4) is 0 Å². The van der Waals surface area contributed by atoms with Gasteiger partial charge in [-0.3, -0.25) is 9.59 Å². The van der Waals surface area contributed by atoms with E-state index in [9.17, 15) is 9.59 Å². The van der Waals surface area contributed by atoms with Crippen molar-refractivity contribution in [2.75, 3.05) is 20.4 Å². The maximum atomic E-state index is 12.6. The second-order valence-electron chi connectivity index (χ2n) is 5.21. The number of Topliss-reactive ketones (excluding diaryl/α,β-unsaturated/α-hetero) is 1. The number of ketones is 1. The van der Waals surface area contributed by atoms with Gasteiger partial charge < -0.3 is 9.47 Å². The highest BCUT2D eigenvalue weighted by molar-refractivity contribution is 7.58. The van der Waals surface area contributed by atoms with Crippen LogP contribution in [0.5, 0.6) is 11.5 Å². The molecule has 2 aromatic carbocycles. The van der Waals surface area contributed by atoms with Gasteiger partial charge in [0.05, 0.1) is 29.8 Å². The van der Waals surface area contributed by atoms with Crippen molar-refractivity contribution in [2.45, 2.75) is 6.42 Å². The topological polar surface area (TPSA) is 52.6 Å². The fourth-order valence-corrected chi connectivity index (χ4v) is 4.42. The molecule has 0 saturated heterocycles. The Balaban J connectivity index is 2.07. The maximum Gasteiger partial charge on any atom is 0.188 e. The molecule has 1 atom stereocenters. The maximum absolute atomic E-state index is 12.6. The van der Waals surface area contributed by atoms with Crippen LogP contribution in [0.25, 0.3) is 0 Å². The molecule has 4 nitrogen and oxygen atoms in total. The minimum Gasteiger partial charge on any atom is -0.496 e. The number of benzene rings is 2. The van der Waals surface area contributed by atoms with Crippen LogP contribution in [-0.2, 0) is 0 Å². The number of carbonyl (C=O) groups excluding carboxylic acids is 2. The van der Waals surface area contributed by atoms with E-state index in [0.29, 0.717) is 28.2 Å². The van der Waals surface area contributed by atoms with E-state index < -0.39 is 0 Å². The first-order valence-electron chi connectivity index (χ1n) is 7.56. The molecule has 0 aromatic heterocycles. The summed E-state index contributed by atoms with van der Waals surface area (Å²) in [5.41, 5.74) is 0.469. The first-order chi connectivity index (χ1) is 12.4. The summed E-state index contributed by atoms with van der Waals surface area (Å²) < 4.78 is 10.5. The summed E-state index contributed by atoms with van der Waals surface area (Å²) in [5, 5.41) is 0.763. The molecule has 8 heteroatoms. The molecule has 138 valence electrons. The lowest BCUT2D eigenvalue weighted by Gasteiger charge is -2.12. The lowest BCUT2D eigenvalue weighted by Crippen LogP contribution is -2.05. The van der Waals surface area contributed by atoms with Crippen molar-refractivity contribution >= 4 is 54.7 Å². The lowest BCUT2D eigenvalue weighted by molar-refractivity contribution is 0.0989. The Morgan fingerprint density at radius 2 is 1.50 bits per heavy atom. The van der Waals surface area contributed by atoms with Crippen LogP contribution in [0.15, 0.2) is 30.3 Å². The van der Waals surface area contributed by atoms with Gasteiger partial charge in [-0.1, -0.05) is 40.9 Å². The summed E-state index contributed by atoms with van der Waals surface area (Å²) in [6, 6.07) is 8.06. The first-order valence-corrected chi connectivity index (χ1v) is 9.90. The zero-order valence-corrected chi connectivity index (χ0v) is 17.3. The number of hydrogen-bond acceptors (Lipinski definition) is 4. The van der Waals surface area contributed by atoms with Crippen LogP contribution in [0.2, 0.25) is 15.1 Å². The molecular formula is C18H16Cl3O4P. The number of methoxy groups -OCH3 is 2. The number of carbonyl (C=O) groups is 2. The molecule has 0 aliphatic rings. The van der Waals surface area contributed by atoms with E-state index in [-0.39, 0.29) is 41.9 Å². The monoisotopic (exact) mass is 432 g/mol. The Labute approximate surface area is 168 Å². The van der Waals surface area contributed by atoms with Gasteiger partial charge in [-0.05, 0) is 39.0 Å². The molecule has 0 heterocycles. The van der Waals surface area contributed by atoms with Gasteiger partial charge in [0.1, 0.15) is 17.1 Å². The first kappa shape index (κ1) is 21.0. The standard InChI is InChI=1S/C18H16Cl3O4P/c1-24-14-4-3-5-15(25-2)17(14)18(23)26-7-6-13(22)16-11(20)8-10(19)9-12(16)21/h3-5,8-9,26H,6-7H2,1-2H3. The minimum atomic E-state index is -0.232. The number of hydrogen-bond donors (Lipinski definition) is 0. The second kappa shape index (κ2) is 9.57. The van der Waals surface area contributed by atoms with E-state index in [4.69, 9.17) is 44.3 Å². The predicted octanol–water partition coefficient (Wildman–Crippen LogP) is 5.76. The normalized spacial score (nSPS) is 11.0. The van der Waals surface area contributed by atoms with E-state index in [1.165, 1.54) is 26.4 Å². The van der Waals surface area contributed by atoms with Crippen LogP contribution < -0.4 is 9.47 Å². The third-order valence-corrected chi connectivity index (χ3v) is 5.46. The molecule has 0 amide bonds. The van der Waals surface area contributed by atoms with Crippen LogP contribution in [-0.4, -0.2) is 31.7 Å². The Hall–Kier alpha value is -1.32. The third-order valence-electron chi connectivity index (χ3n) is 3.58. The Morgan fingerprint density at radius 1 is 0.962 bits per heavy atom. The fraction of sp³-hybridized carbons (Fsp3) is 0.222. The van der Waals surface area contributed by atoms with E-state index in [1.807, 2.05) is 0 Å². The molecule has 0 aliphatic carbocycles. The number of rotatable bonds is 8. The van der Waals surface area contributed by atoms with Gasteiger partial charge in [0, 0.05) is 11.4 Å². The van der Waals surface area contributed by atoms with Gasteiger partial charge in [0.25, 0.3) is 0 Å². The Bertz CT molecular complexity index is 794. The van der Waals surface area contributed by atoms with E-state index in [2.05, 4.69) is 0 Å². The highest BCUT2D eigenvalue weighted by Gasteiger charge is 2.20. The fourth-order valence-electron chi connectivity index (χ4n) is 2.39. The summed E-state index contributed by atoms with van der Waals surface area (Å²) in [4.78, 5) is 25.0. The predicted molar refractivity (Wildman–Crippen MR) is 107 cm³/mol. The molecule has 0 bridgehead atoms. The number of halogens is 3. The highest BCUT2D eigenvalue weighted by Crippen LogP contribution is 2.35. The molecule has 2 aromatic rings. The van der Waals surface area contributed by atoms with Gasteiger partial charge >= 0.3 is 0 Å². The van der Waals surface area contributed by atoms with Crippen molar-refractivity contribution in [1.82, 2.24) is 0 Å². The molecular weight excluding hydrogens is 418 g/mol. The summed E-state index contributed by atoms with van der Waals surface area (Å²) in [5.74, 6) is 0.651. The quantitative estimate of drug-likeness (QED) is 0.392. The molecule has 0 radical (unpaired) electrons. The van der Waals surface area contributed by atoms with Crippen molar-refractivity contribution < 1.29 is 19.1 Å². The molecule has 0 spiro atoms.